The fourth-order valence-electron chi connectivity index (χ4n) is 6.27. The standard InChI is InChI=1S/C42H57N6.3ClH.3Pt/c1-43(2)25-31-13-32(26-44(3)4)17-37(16-31)40-22-41(38-18-33(27-45(5)6)14-34(19-38)28-46(7)8)24-42(23-40)39-20-35(29-47(9)10)15-36(21-39)30-48(11)12;;;;;;/h16-24H,25-30H2,1-12H3;3*1H;;;/q-3;;;;3*+2/p-3. The number of rotatable bonds is 15. The molecule has 0 saturated heterocycles. The van der Waals surface area contributed by atoms with Gasteiger partial charge >= 0.3 is 84.6 Å². The molecule has 4 aromatic rings. The Bertz CT molecular complexity index is 1390. The van der Waals surface area contributed by atoms with E-state index in [1.165, 1.54) is 66.8 Å². The summed E-state index contributed by atoms with van der Waals surface area (Å²) in [6.07, 6.45) is 0. The van der Waals surface area contributed by atoms with Crippen molar-refractivity contribution in [2.75, 3.05) is 84.6 Å². The van der Waals surface area contributed by atoms with Crippen LogP contribution in [0.3, 0.4) is 0 Å². The fourth-order valence-corrected chi connectivity index (χ4v) is 6.27. The van der Waals surface area contributed by atoms with E-state index in [0.29, 0.717) is 0 Å². The summed E-state index contributed by atoms with van der Waals surface area (Å²) in [5.41, 5.74) is 14.5. The molecule has 0 aromatic heterocycles. The van der Waals surface area contributed by atoms with Crippen molar-refractivity contribution in [3.05, 3.63) is 106 Å². The monoisotopic (exact) mass is 1340 g/mol. The van der Waals surface area contributed by atoms with Gasteiger partial charge in [-0.2, -0.15) is 54.6 Å². The van der Waals surface area contributed by atoms with Crippen molar-refractivity contribution in [2.24, 2.45) is 0 Å². The summed E-state index contributed by atoms with van der Waals surface area (Å²) in [5, 5.41) is 0. The maximum absolute atomic E-state index is 4.61. The van der Waals surface area contributed by atoms with Crippen LogP contribution in [0, 0.1) is 18.2 Å². The zero-order valence-corrected chi connectivity index (χ0v) is 42.8. The Morgan fingerprint density at radius 2 is 0.426 bits per heavy atom. The molecule has 306 valence electrons. The molecule has 4 rings (SSSR count). The molecule has 12 heteroatoms. The molecule has 0 saturated carbocycles. The molecular formula is C42H57Cl3N6Pt3. The van der Waals surface area contributed by atoms with Gasteiger partial charge in [0.15, 0.2) is 0 Å². The summed E-state index contributed by atoms with van der Waals surface area (Å²) in [6, 6.07) is 32.2. The fraction of sp³-hybridized carbons (Fsp3) is 0.429. The molecule has 0 aliphatic rings. The minimum atomic E-state index is 0.841. The summed E-state index contributed by atoms with van der Waals surface area (Å²) in [5.74, 6) is 0. The Hall–Kier alpha value is -0.425. The van der Waals surface area contributed by atoms with Gasteiger partial charge in [0.2, 0.25) is 0 Å². The first-order valence-electron chi connectivity index (χ1n) is 17.2. The summed E-state index contributed by atoms with van der Waals surface area (Å²) < 4.78 is 0. The van der Waals surface area contributed by atoms with E-state index in [-0.39, 0.29) is 0 Å². The van der Waals surface area contributed by atoms with E-state index in [0.717, 1.165) is 39.3 Å². The van der Waals surface area contributed by atoms with Gasteiger partial charge < -0.3 is 29.4 Å². The SMILES string of the molecule is CN(C)Cc1[c-]c(CN(C)C)cc(-c2cc(-c3cc(CN(C)C)[c-]c(CN(C)C)c3)cc(-c3cc(CN(C)C)[c-]c(CN(C)C)c3)c2)c1.[Cl][Pt+].[Cl][Pt+].[Cl][Pt+]. The van der Waals surface area contributed by atoms with E-state index < -0.39 is 0 Å². The van der Waals surface area contributed by atoms with E-state index in [2.05, 4.69) is 215 Å². The van der Waals surface area contributed by atoms with Crippen LogP contribution in [0.5, 0.6) is 0 Å². The maximum atomic E-state index is 4.61. The van der Waals surface area contributed by atoms with Crippen LogP contribution in [-0.4, -0.2) is 114 Å². The van der Waals surface area contributed by atoms with Crippen LogP contribution < -0.4 is 0 Å². The molecule has 0 amide bonds. The zero-order chi connectivity index (χ0) is 41.1. The van der Waals surface area contributed by atoms with Gasteiger partial charge in [0.1, 0.15) is 0 Å². The van der Waals surface area contributed by atoms with Crippen LogP contribution >= 0.6 is 28.3 Å². The van der Waals surface area contributed by atoms with E-state index >= 15 is 0 Å². The number of nitrogens with zero attached hydrogens (tertiary/aromatic N) is 6. The summed E-state index contributed by atoms with van der Waals surface area (Å²) in [6.45, 7) is 5.04. The summed E-state index contributed by atoms with van der Waals surface area (Å²) in [7, 11) is 39.3. The van der Waals surface area contributed by atoms with Crippen molar-refractivity contribution in [2.45, 2.75) is 39.3 Å². The van der Waals surface area contributed by atoms with Gasteiger partial charge in [-0.3, -0.25) is 0 Å². The third kappa shape index (κ3) is 18.9. The summed E-state index contributed by atoms with van der Waals surface area (Å²) in [4.78, 5) is 13.3. The van der Waals surface area contributed by atoms with Crippen molar-refractivity contribution in [3.8, 4) is 33.4 Å². The Balaban J connectivity index is 0.00000231. The first-order chi connectivity index (χ1) is 25.6. The molecular weight excluding hydrogens is 1280 g/mol. The summed E-state index contributed by atoms with van der Waals surface area (Å²) >= 11 is 4.83. The Labute approximate surface area is 374 Å². The van der Waals surface area contributed by atoms with E-state index in [9.17, 15) is 0 Å². The molecule has 0 spiro atoms. The molecule has 6 nitrogen and oxygen atoms in total. The van der Waals surface area contributed by atoms with E-state index in [1.54, 1.807) is 56.3 Å². The van der Waals surface area contributed by atoms with Gasteiger partial charge in [0.05, 0.1) is 0 Å². The predicted octanol–water partition coefficient (Wildman–Crippen LogP) is 8.52. The van der Waals surface area contributed by atoms with Crippen LogP contribution in [0.4, 0.5) is 0 Å². The predicted molar refractivity (Wildman–Crippen MR) is 221 cm³/mol. The minimum absolute atomic E-state index is 0.841. The Morgan fingerprint density at radius 3 is 0.556 bits per heavy atom. The molecule has 0 heterocycles. The normalized spacial score (nSPS) is 11.2. The number of halogens is 3. The van der Waals surface area contributed by atoms with E-state index in [4.69, 9.17) is 0 Å². The molecule has 0 aliphatic heterocycles. The average molecular weight is 1340 g/mol. The molecule has 0 N–H and O–H groups in total. The average Bonchev–Trinajstić information content (AvgIpc) is 3.08. The number of hydrogen-bond donors (Lipinski definition) is 0. The van der Waals surface area contributed by atoms with Crippen LogP contribution in [0.1, 0.15) is 33.4 Å². The van der Waals surface area contributed by atoms with Crippen molar-refractivity contribution < 1.29 is 56.3 Å². The van der Waals surface area contributed by atoms with Crippen LogP contribution in [-0.2, 0) is 95.6 Å². The van der Waals surface area contributed by atoms with Gasteiger partial charge in [-0.1, -0.05) is 18.2 Å². The Kier molecular flexibility index (Phi) is 26.1. The molecule has 0 unspecified atom stereocenters. The molecule has 4 aromatic carbocycles. The second kappa shape index (κ2) is 27.3. The van der Waals surface area contributed by atoms with Crippen molar-refractivity contribution >= 4 is 28.3 Å². The molecule has 0 atom stereocenters. The quantitative estimate of drug-likeness (QED) is 0.111. The molecule has 0 bridgehead atoms. The number of benzene rings is 4. The molecule has 0 radical (unpaired) electrons. The molecule has 0 aliphatic carbocycles. The van der Waals surface area contributed by atoms with Crippen LogP contribution in [0.15, 0.2) is 54.6 Å². The van der Waals surface area contributed by atoms with Crippen LogP contribution in [0.25, 0.3) is 33.4 Å². The van der Waals surface area contributed by atoms with Gasteiger partial charge in [0, 0.05) is 39.3 Å². The molecule has 0 fully saturated rings. The first-order valence-corrected chi connectivity index (χ1v) is 25.6. The molecule has 54 heavy (non-hydrogen) atoms. The van der Waals surface area contributed by atoms with Gasteiger partial charge in [-0.25, -0.2) is 0 Å². The van der Waals surface area contributed by atoms with Gasteiger partial charge in [-0.15, -0.1) is 50.1 Å². The topological polar surface area (TPSA) is 19.4 Å². The van der Waals surface area contributed by atoms with Crippen molar-refractivity contribution in [1.29, 1.82) is 0 Å². The van der Waals surface area contributed by atoms with Gasteiger partial charge in [-0.05, 0) is 101 Å². The number of hydrogen-bond acceptors (Lipinski definition) is 6. The second-order valence-electron chi connectivity index (χ2n) is 15.0. The third-order valence-corrected chi connectivity index (χ3v) is 7.79. The van der Waals surface area contributed by atoms with Crippen molar-refractivity contribution in [3.63, 3.8) is 0 Å². The first kappa shape index (κ1) is 51.6. The van der Waals surface area contributed by atoms with Crippen LogP contribution in [0.2, 0.25) is 0 Å². The van der Waals surface area contributed by atoms with Crippen molar-refractivity contribution in [1.82, 2.24) is 29.4 Å². The van der Waals surface area contributed by atoms with E-state index in [1.807, 2.05) is 0 Å². The second-order valence-corrected chi connectivity index (χ2v) is 15.0. The zero-order valence-electron chi connectivity index (χ0n) is 33.7. The van der Waals surface area contributed by atoms with Gasteiger partial charge in [0.25, 0.3) is 0 Å². The Morgan fingerprint density at radius 1 is 0.296 bits per heavy atom. The third-order valence-electron chi connectivity index (χ3n) is 7.79.